The number of hydrogen-bond donors (Lipinski definition) is 0. The minimum absolute atomic E-state index is 0.00157. The first-order chi connectivity index (χ1) is 12.1. The van der Waals surface area contributed by atoms with Gasteiger partial charge in [0.05, 0.1) is 11.5 Å². The zero-order valence-electron chi connectivity index (χ0n) is 13.0. The molecule has 1 saturated heterocycles. The maximum Gasteiger partial charge on any atom is 0.255 e. The SMILES string of the molecule is O=C(c1ccccc1Br)N1CC(c2nc(-c3cccc(Cl)c3)no2)C1. The van der Waals surface area contributed by atoms with E-state index in [2.05, 4.69) is 26.1 Å². The number of hydrogen-bond acceptors (Lipinski definition) is 4. The molecule has 0 unspecified atom stereocenters. The molecule has 2 aromatic carbocycles. The van der Waals surface area contributed by atoms with E-state index in [1.807, 2.05) is 36.4 Å². The minimum Gasteiger partial charge on any atom is -0.339 e. The van der Waals surface area contributed by atoms with Crippen LogP contribution in [0.5, 0.6) is 0 Å². The van der Waals surface area contributed by atoms with Crippen molar-refractivity contribution in [2.75, 3.05) is 13.1 Å². The molecule has 1 aliphatic rings. The van der Waals surface area contributed by atoms with Gasteiger partial charge in [0.2, 0.25) is 11.7 Å². The lowest BCUT2D eigenvalue weighted by Crippen LogP contribution is -2.48. The summed E-state index contributed by atoms with van der Waals surface area (Å²) >= 11 is 9.41. The first-order valence-electron chi connectivity index (χ1n) is 7.75. The number of halogens is 2. The van der Waals surface area contributed by atoms with Gasteiger partial charge < -0.3 is 9.42 Å². The smallest absolute Gasteiger partial charge is 0.255 e. The van der Waals surface area contributed by atoms with E-state index in [9.17, 15) is 4.79 Å². The molecule has 1 aromatic heterocycles. The van der Waals surface area contributed by atoms with Gasteiger partial charge >= 0.3 is 0 Å². The Kier molecular flexibility index (Phi) is 4.31. The lowest BCUT2D eigenvalue weighted by Gasteiger charge is -2.37. The summed E-state index contributed by atoms with van der Waals surface area (Å²) in [6.07, 6.45) is 0. The van der Waals surface area contributed by atoms with Gasteiger partial charge in [0, 0.05) is 28.1 Å². The quantitative estimate of drug-likeness (QED) is 0.633. The second kappa shape index (κ2) is 6.61. The van der Waals surface area contributed by atoms with E-state index >= 15 is 0 Å². The van der Waals surface area contributed by atoms with E-state index in [0.717, 1.165) is 10.0 Å². The van der Waals surface area contributed by atoms with Crippen molar-refractivity contribution in [1.82, 2.24) is 15.0 Å². The van der Waals surface area contributed by atoms with Gasteiger partial charge in [-0.1, -0.05) is 41.0 Å². The number of aromatic nitrogens is 2. The molecule has 4 rings (SSSR count). The molecule has 2 heterocycles. The third-order valence-corrected chi connectivity index (χ3v) is 5.07. The van der Waals surface area contributed by atoms with Gasteiger partial charge in [0.1, 0.15) is 0 Å². The van der Waals surface area contributed by atoms with Crippen LogP contribution in [0.25, 0.3) is 11.4 Å². The Balaban J connectivity index is 1.45. The van der Waals surface area contributed by atoms with E-state index in [-0.39, 0.29) is 11.8 Å². The van der Waals surface area contributed by atoms with Crippen molar-refractivity contribution < 1.29 is 9.32 Å². The molecule has 7 heteroatoms. The maximum atomic E-state index is 12.5. The highest BCUT2D eigenvalue weighted by atomic mass is 79.9. The van der Waals surface area contributed by atoms with E-state index in [1.165, 1.54) is 0 Å². The maximum absolute atomic E-state index is 12.5. The third kappa shape index (κ3) is 3.19. The van der Waals surface area contributed by atoms with Crippen molar-refractivity contribution in [2.24, 2.45) is 0 Å². The lowest BCUT2D eigenvalue weighted by molar-refractivity contribution is 0.0568. The summed E-state index contributed by atoms with van der Waals surface area (Å²) in [4.78, 5) is 18.7. The fraction of sp³-hybridized carbons (Fsp3) is 0.167. The molecule has 0 atom stereocenters. The number of amides is 1. The molecule has 1 amide bonds. The molecule has 3 aromatic rings. The Morgan fingerprint density at radius 2 is 2.00 bits per heavy atom. The van der Waals surface area contributed by atoms with Crippen LogP contribution >= 0.6 is 27.5 Å². The molecule has 0 spiro atoms. The van der Waals surface area contributed by atoms with Crippen LogP contribution in [0.4, 0.5) is 0 Å². The number of nitrogens with zero attached hydrogens (tertiary/aromatic N) is 3. The van der Waals surface area contributed by atoms with E-state index in [4.69, 9.17) is 16.1 Å². The first kappa shape index (κ1) is 16.3. The summed E-state index contributed by atoms with van der Waals surface area (Å²) in [5.41, 5.74) is 1.47. The van der Waals surface area contributed by atoms with Gasteiger partial charge in [-0.25, -0.2) is 0 Å². The minimum atomic E-state index is -0.00157. The Bertz CT molecular complexity index is 937. The summed E-state index contributed by atoms with van der Waals surface area (Å²) in [6, 6.07) is 14.7. The normalized spacial score (nSPS) is 14.4. The molecule has 0 radical (unpaired) electrons. The third-order valence-electron chi connectivity index (χ3n) is 4.15. The first-order valence-corrected chi connectivity index (χ1v) is 8.92. The Hall–Kier alpha value is -2.18. The average Bonchev–Trinajstić information content (AvgIpc) is 3.03. The fourth-order valence-corrected chi connectivity index (χ4v) is 3.40. The number of rotatable bonds is 3. The molecule has 0 aliphatic carbocycles. The van der Waals surface area contributed by atoms with Crippen molar-refractivity contribution in [3.8, 4) is 11.4 Å². The van der Waals surface area contributed by atoms with Gasteiger partial charge in [-0.2, -0.15) is 4.98 Å². The molecule has 0 bridgehead atoms. The number of carbonyl (C=O) groups excluding carboxylic acids is 1. The summed E-state index contributed by atoms with van der Waals surface area (Å²) in [5, 5.41) is 4.64. The van der Waals surface area contributed by atoms with Gasteiger partial charge in [-0.05, 0) is 40.2 Å². The van der Waals surface area contributed by atoms with Crippen LogP contribution in [0.3, 0.4) is 0 Å². The van der Waals surface area contributed by atoms with Crippen LogP contribution < -0.4 is 0 Å². The molecule has 126 valence electrons. The summed E-state index contributed by atoms with van der Waals surface area (Å²) in [6.45, 7) is 1.13. The molecule has 0 saturated carbocycles. The Morgan fingerprint density at radius 1 is 1.20 bits per heavy atom. The van der Waals surface area contributed by atoms with Crippen molar-refractivity contribution in [3.63, 3.8) is 0 Å². The van der Waals surface area contributed by atoms with Crippen LogP contribution in [-0.2, 0) is 0 Å². The zero-order valence-corrected chi connectivity index (χ0v) is 15.4. The van der Waals surface area contributed by atoms with E-state index < -0.39 is 0 Å². The molecule has 1 aliphatic heterocycles. The van der Waals surface area contributed by atoms with E-state index in [0.29, 0.717) is 35.4 Å². The van der Waals surface area contributed by atoms with Crippen LogP contribution in [0, 0.1) is 0 Å². The van der Waals surface area contributed by atoms with Gasteiger partial charge in [0.15, 0.2) is 0 Å². The summed E-state index contributed by atoms with van der Waals surface area (Å²) in [7, 11) is 0. The Morgan fingerprint density at radius 3 is 2.76 bits per heavy atom. The van der Waals surface area contributed by atoms with Gasteiger partial charge in [-0.3, -0.25) is 4.79 Å². The predicted octanol–water partition coefficient (Wildman–Crippen LogP) is 4.39. The molecule has 0 N–H and O–H groups in total. The van der Waals surface area contributed by atoms with Crippen molar-refractivity contribution in [3.05, 3.63) is 69.5 Å². The predicted molar refractivity (Wildman–Crippen MR) is 97.5 cm³/mol. The molecule has 5 nitrogen and oxygen atoms in total. The van der Waals surface area contributed by atoms with E-state index in [1.54, 1.807) is 17.0 Å². The molecule has 1 fully saturated rings. The molecule has 25 heavy (non-hydrogen) atoms. The topological polar surface area (TPSA) is 59.2 Å². The second-order valence-corrected chi connectivity index (χ2v) is 7.14. The van der Waals surface area contributed by atoms with Crippen LogP contribution in [0.2, 0.25) is 5.02 Å². The lowest BCUT2D eigenvalue weighted by atomic mass is 9.98. The Labute approximate surface area is 157 Å². The summed E-state index contributed by atoms with van der Waals surface area (Å²) in [5.74, 6) is 1.12. The van der Waals surface area contributed by atoms with Crippen molar-refractivity contribution in [2.45, 2.75) is 5.92 Å². The number of carbonyl (C=O) groups is 1. The monoisotopic (exact) mass is 417 g/mol. The molecular formula is C18H13BrClN3O2. The van der Waals surface area contributed by atoms with Crippen LogP contribution in [0.15, 0.2) is 57.5 Å². The van der Waals surface area contributed by atoms with Crippen molar-refractivity contribution in [1.29, 1.82) is 0 Å². The van der Waals surface area contributed by atoms with Gasteiger partial charge in [0.25, 0.3) is 5.91 Å². The van der Waals surface area contributed by atoms with Crippen LogP contribution in [0.1, 0.15) is 22.2 Å². The number of likely N-dealkylation sites (tertiary alicyclic amines) is 1. The highest BCUT2D eigenvalue weighted by molar-refractivity contribution is 9.10. The fourth-order valence-electron chi connectivity index (χ4n) is 2.75. The van der Waals surface area contributed by atoms with Crippen molar-refractivity contribution >= 4 is 33.4 Å². The number of benzene rings is 2. The standard InChI is InChI=1S/C18H13BrClN3O2/c19-15-7-2-1-6-14(15)18(24)23-9-12(10-23)17-21-16(22-25-17)11-4-3-5-13(20)8-11/h1-8,12H,9-10H2. The highest BCUT2D eigenvalue weighted by Gasteiger charge is 2.36. The van der Waals surface area contributed by atoms with Gasteiger partial charge in [-0.15, -0.1) is 0 Å². The zero-order chi connectivity index (χ0) is 17.4. The second-order valence-electron chi connectivity index (χ2n) is 5.85. The summed E-state index contributed by atoms with van der Waals surface area (Å²) < 4.78 is 6.16. The average molecular weight is 419 g/mol. The van der Waals surface area contributed by atoms with Crippen LogP contribution in [-0.4, -0.2) is 34.0 Å². The highest BCUT2D eigenvalue weighted by Crippen LogP contribution is 2.30. The largest absolute Gasteiger partial charge is 0.339 e. The molecular weight excluding hydrogens is 406 g/mol.